The minimum absolute atomic E-state index is 0.0235. The Bertz CT molecular complexity index is 387. The number of methoxy groups -OCH3 is 1. The number of carbonyl (C=O) groups is 1. The zero-order valence-electron chi connectivity index (χ0n) is 7.87. The van der Waals surface area contributed by atoms with E-state index in [9.17, 15) is 4.79 Å². The molecule has 0 atom stereocenters. The summed E-state index contributed by atoms with van der Waals surface area (Å²) in [6.45, 7) is 0.429. The van der Waals surface area contributed by atoms with Crippen LogP contribution in [-0.2, 0) is 0 Å². The summed E-state index contributed by atoms with van der Waals surface area (Å²) in [5, 5.41) is 0. The molecular weight excluding hydrogens is 182 g/mol. The minimum Gasteiger partial charge on any atom is -0.494 e. The van der Waals surface area contributed by atoms with Gasteiger partial charge in [-0.15, -0.1) is 0 Å². The van der Waals surface area contributed by atoms with Crippen molar-refractivity contribution in [3.63, 3.8) is 0 Å². The van der Waals surface area contributed by atoms with E-state index in [1.165, 1.54) is 7.11 Å². The van der Waals surface area contributed by atoms with Gasteiger partial charge in [0.05, 0.1) is 19.4 Å². The Labute approximate surface area is 81.6 Å². The number of Topliss-reactive ketones (excluding diaryl/α,β-unsaturated/α-hetero) is 1. The quantitative estimate of drug-likeness (QED) is 0.681. The first-order valence-electron chi connectivity index (χ1n) is 4.36. The third kappa shape index (κ3) is 1.19. The number of hydrogen-bond acceptors (Lipinski definition) is 4. The lowest BCUT2D eigenvalue weighted by atomic mass is 10.0. The number of ether oxygens (including phenoxy) is 2. The van der Waals surface area contributed by atoms with Crippen LogP contribution in [0.4, 0.5) is 5.69 Å². The Kier molecular flexibility index (Phi) is 2.04. The van der Waals surface area contributed by atoms with Gasteiger partial charge in [0.1, 0.15) is 11.3 Å². The van der Waals surface area contributed by atoms with Crippen LogP contribution < -0.4 is 15.2 Å². The van der Waals surface area contributed by atoms with Gasteiger partial charge in [-0.1, -0.05) is 0 Å². The first kappa shape index (κ1) is 8.87. The zero-order valence-corrected chi connectivity index (χ0v) is 7.87. The molecule has 0 aliphatic carbocycles. The second-order valence-corrected chi connectivity index (χ2v) is 3.08. The van der Waals surface area contributed by atoms with Gasteiger partial charge in [-0.25, -0.2) is 0 Å². The molecule has 0 amide bonds. The molecule has 0 fully saturated rings. The standard InChI is InChI=1S/C10H11NO3/c1-13-10-6(11)2-3-8-9(10)7(12)4-5-14-8/h2-3H,4-5,11H2,1H3. The topological polar surface area (TPSA) is 61.5 Å². The number of nitrogen functional groups attached to an aromatic ring is 1. The number of anilines is 1. The van der Waals surface area contributed by atoms with Crippen molar-refractivity contribution in [1.82, 2.24) is 0 Å². The molecule has 0 aromatic heterocycles. The van der Waals surface area contributed by atoms with Crippen molar-refractivity contribution in [2.45, 2.75) is 6.42 Å². The van der Waals surface area contributed by atoms with E-state index in [1.54, 1.807) is 12.1 Å². The fourth-order valence-corrected chi connectivity index (χ4v) is 1.56. The van der Waals surface area contributed by atoms with Crippen molar-refractivity contribution in [3.05, 3.63) is 17.7 Å². The first-order chi connectivity index (χ1) is 6.74. The van der Waals surface area contributed by atoms with Crippen molar-refractivity contribution in [3.8, 4) is 11.5 Å². The normalized spacial score (nSPS) is 14.5. The van der Waals surface area contributed by atoms with E-state index < -0.39 is 0 Å². The summed E-state index contributed by atoms with van der Waals surface area (Å²) in [5.41, 5.74) is 6.62. The average molecular weight is 193 g/mol. The molecule has 0 unspecified atom stereocenters. The van der Waals surface area contributed by atoms with E-state index >= 15 is 0 Å². The molecule has 1 aromatic rings. The Hall–Kier alpha value is -1.71. The predicted molar refractivity (Wildman–Crippen MR) is 51.8 cm³/mol. The highest BCUT2D eigenvalue weighted by molar-refractivity contribution is 6.03. The third-order valence-corrected chi connectivity index (χ3v) is 2.22. The molecule has 0 saturated carbocycles. The third-order valence-electron chi connectivity index (χ3n) is 2.22. The molecule has 1 aliphatic heterocycles. The van der Waals surface area contributed by atoms with Crippen molar-refractivity contribution < 1.29 is 14.3 Å². The largest absolute Gasteiger partial charge is 0.494 e. The fraction of sp³-hybridized carbons (Fsp3) is 0.300. The van der Waals surface area contributed by atoms with Crippen molar-refractivity contribution in [1.29, 1.82) is 0 Å². The highest BCUT2D eigenvalue weighted by Crippen LogP contribution is 2.36. The summed E-state index contributed by atoms with van der Waals surface area (Å²) in [5.74, 6) is 1.01. The highest BCUT2D eigenvalue weighted by atomic mass is 16.5. The zero-order chi connectivity index (χ0) is 10.1. The van der Waals surface area contributed by atoms with Crippen LogP contribution in [0.2, 0.25) is 0 Å². The Balaban J connectivity index is 2.63. The number of ketones is 1. The smallest absolute Gasteiger partial charge is 0.173 e. The lowest BCUT2D eigenvalue weighted by Crippen LogP contribution is -2.16. The summed E-state index contributed by atoms with van der Waals surface area (Å²) in [6, 6.07) is 3.38. The second-order valence-electron chi connectivity index (χ2n) is 3.08. The molecule has 0 bridgehead atoms. The molecule has 0 radical (unpaired) electrons. The summed E-state index contributed by atoms with van der Waals surface area (Å²) >= 11 is 0. The number of nitrogens with two attached hydrogens (primary N) is 1. The summed E-state index contributed by atoms with van der Waals surface area (Å²) in [7, 11) is 1.49. The molecule has 1 aliphatic rings. The van der Waals surface area contributed by atoms with Gasteiger partial charge in [-0.05, 0) is 12.1 Å². The van der Waals surface area contributed by atoms with E-state index in [2.05, 4.69) is 0 Å². The van der Waals surface area contributed by atoms with Gasteiger partial charge < -0.3 is 15.2 Å². The SMILES string of the molecule is COc1c(N)ccc2c1C(=O)CCO2. The number of carbonyl (C=O) groups excluding carboxylic acids is 1. The van der Waals surface area contributed by atoms with Gasteiger partial charge in [0.2, 0.25) is 0 Å². The molecule has 4 nitrogen and oxygen atoms in total. The van der Waals surface area contributed by atoms with Crippen LogP contribution in [0.3, 0.4) is 0 Å². The average Bonchev–Trinajstić information content (AvgIpc) is 2.19. The van der Waals surface area contributed by atoms with E-state index in [4.69, 9.17) is 15.2 Å². The van der Waals surface area contributed by atoms with E-state index in [-0.39, 0.29) is 5.78 Å². The van der Waals surface area contributed by atoms with Gasteiger partial charge in [-0.2, -0.15) is 0 Å². The number of benzene rings is 1. The molecule has 14 heavy (non-hydrogen) atoms. The molecular formula is C10H11NO3. The second kappa shape index (κ2) is 3.21. The van der Waals surface area contributed by atoms with Crippen LogP contribution in [0.1, 0.15) is 16.8 Å². The molecule has 2 N–H and O–H groups in total. The minimum atomic E-state index is 0.0235. The molecule has 0 spiro atoms. The maximum absolute atomic E-state index is 11.6. The fourth-order valence-electron chi connectivity index (χ4n) is 1.56. The first-order valence-corrected chi connectivity index (χ1v) is 4.36. The van der Waals surface area contributed by atoms with Crippen LogP contribution in [-0.4, -0.2) is 19.5 Å². The Morgan fingerprint density at radius 1 is 1.50 bits per heavy atom. The predicted octanol–water partition coefficient (Wildman–Crippen LogP) is 1.24. The lowest BCUT2D eigenvalue weighted by Gasteiger charge is -2.19. The van der Waals surface area contributed by atoms with Crippen LogP contribution >= 0.6 is 0 Å². The molecule has 0 saturated heterocycles. The van der Waals surface area contributed by atoms with E-state index in [1.807, 2.05) is 0 Å². The van der Waals surface area contributed by atoms with Crippen molar-refractivity contribution in [2.75, 3.05) is 19.5 Å². The van der Waals surface area contributed by atoms with Gasteiger partial charge in [0.15, 0.2) is 11.5 Å². The summed E-state index contributed by atoms with van der Waals surface area (Å²) in [6.07, 6.45) is 0.382. The van der Waals surface area contributed by atoms with Gasteiger partial charge in [0.25, 0.3) is 0 Å². The molecule has 2 rings (SSSR count). The molecule has 74 valence electrons. The lowest BCUT2D eigenvalue weighted by molar-refractivity contribution is 0.0929. The van der Waals surface area contributed by atoms with Gasteiger partial charge in [0, 0.05) is 6.42 Å². The number of hydrogen-bond donors (Lipinski definition) is 1. The summed E-state index contributed by atoms with van der Waals surface area (Å²) < 4.78 is 10.4. The molecule has 4 heteroatoms. The van der Waals surface area contributed by atoms with E-state index in [0.717, 1.165) is 0 Å². The highest BCUT2D eigenvalue weighted by Gasteiger charge is 2.24. The number of fused-ring (bicyclic) bond motifs is 1. The van der Waals surface area contributed by atoms with Crippen LogP contribution in [0.5, 0.6) is 11.5 Å². The van der Waals surface area contributed by atoms with Gasteiger partial charge >= 0.3 is 0 Å². The van der Waals surface area contributed by atoms with Crippen LogP contribution in [0.15, 0.2) is 12.1 Å². The Morgan fingerprint density at radius 3 is 3.00 bits per heavy atom. The van der Waals surface area contributed by atoms with Crippen molar-refractivity contribution >= 4 is 11.5 Å². The monoisotopic (exact) mass is 193 g/mol. The maximum atomic E-state index is 11.6. The van der Waals surface area contributed by atoms with Gasteiger partial charge in [-0.3, -0.25) is 4.79 Å². The summed E-state index contributed by atoms with van der Waals surface area (Å²) in [4.78, 5) is 11.6. The van der Waals surface area contributed by atoms with E-state index in [0.29, 0.717) is 35.8 Å². The number of rotatable bonds is 1. The molecule has 1 heterocycles. The maximum Gasteiger partial charge on any atom is 0.173 e. The van der Waals surface area contributed by atoms with Crippen molar-refractivity contribution in [2.24, 2.45) is 0 Å². The van der Waals surface area contributed by atoms with Crippen LogP contribution in [0, 0.1) is 0 Å². The Morgan fingerprint density at radius 2 is 2.29 bits per heavy atom. The van der Waals surface area contributed by atoms with Crippen LogP contribution in [0.25, 0.3) is 0 Å². The molecule has 1 aromatic carbocycles.